The molecule has 204 valence electrons. The number of nitrogens with zero attached hydrogens (tertiary/aromatic N) is 4. The molecule has 40 heavy (non-hydrogen) atoms. The molecule has 0 spiro atoms. The van der Waals surface area contributed by atoms with Gasteiger partial charge in [-0.1, -0.05) is 18.2 Å². The van der Waals surface area contributed by atoms with Gasteiger partial charge < -0.3 is 14.4 Å². The molecule has 2 aromatic carbocycles. The smallest absolute Gasteiger partial charge is 0.416 e. The molecule has 0 radical (unpaired) electrons. The first kappa shape index (κ1) is 26.7. The number of carbonyl (C=O) groups is 3. The number of hydrogen-bond acceptors (Lipinski definition) is 6. The van der Waals surface area contributed by atoms with Crippen molar-refractivity contribution in [2.75, 3.05) is 4.90 Å². The Bertz CT molecular complexity index is 1580. The number of halogens is 3. The maximum atomic E-state index is 14.1. The van der Waals surface area contributed by atoms with Gasteiger partial charge in [-0.3, -0.25) is 9.69 Å². The Balaban J connectivity index is 1.70. The van der Waals surface area contributed by atoms with Crippen LogP contribution in [0, 0.1) is 17.2 Å². The third-order valence-corrected chi connectivity index (χ3v) is 6.82. The maximum Gasteiger partial charge on any atom is 0.416 e. The topological polar surface area (TPSA) is 128 Å². The Morgan fingerprint density at radius 1 is 1.18 bits per heavy atom. The highest BCUT2D eigenvalue weighted by Crippen LogP contribution is 2.45. The van der Waals surface area contributed by atoms with Crippen molar-refractivity contribution in [1.29, 1.82) is 5.26 Å². The lowest BCUT2D eigenvalue weighted by molar-refractivity contribution is -0.137. The van der Waals surface area contributed by atoms with Crippen LogP contribution in [0.3, 0.4) is 0 Å². The summed E-state index contributed by atoms with van der Waals surface area (Å²) in [5, 5.41) is 18.5. The highest BCUT2D eigenvalue weighted by atomic mass is 19.4. The standard InChI is InChI=1S/C28H21F3N4O5/c1-15-23(25(36)18-9-10-18)24(17-7-5-16(12-32)6-8-17)34(13-22-33-21(14-40-22)26(37)38)27(39)35(15)20-4-2-3-19(11-20)28(29,30)31/h2-8,11,14,18,24H,9-10,13H2,1H3,(H,37,38). The first-order chi connectivity index (χ1) is 19.0. The van der Waals surface area contributed by atoms with E-state index < -0.39 is 35.5 Å². The fraction of sp³-hybridized carbons (Fsp3) is 0.250. The Morgan fingerprint density at radius 3 is 2.45 bits per heavy atom. The number of alkyl halides is 3. The lowest BCUT2D eigenvalue weighted by Crippen LogP contribution is -2.50. The molecule has 1 aromatic heterocycles. The highest BCUT2D eigenvalue weighted by Gasteiger charge is 2.46. The molecule has 1 saturated carbocycles. The summed E-state index contributed by atoms with van der Waals surface area (Å²) in [5.74, 6) is -2.05. The third kappa shape index (κ3) is 4.93. The lowest BCUT2D eigenvalue weighted by atomic mass is 9.88. The summed E-state index contributed by atoms with van der Waals surface area (Å²) in [4.78, 5) is 45.3. The number of aromatic nitrogens is 1. The van der Waals surface area contributed by atoms with Gasteiger partial charge in [-0.25, -0.2) is 14.6 Å². The van der Waals surface area contributed by atoms with E-state index in [0.29, 0.717) is 24.0 Å². The van der Waals surface area contributed by atoms with E-state index in [4.69, 9.17) is 4.42 Å². The third-order valence-electron chi connectivity index (χ3n) is 6.82. The van der Waals surface area contributed by atoms with Crippen molar-refractivity contribution in [3.05, 3.63) is 94.3 Å². The minimum atomic E-state index is -4.67. The maximum absolute atomic E-state index is 14.1. The molecule has 12 heteroatoms. The normalized spacial score (nSPS) is 17.7. The average Bonchev–Trinajstić information content (AvgIpc) is 3.67. The van der Waals surface area contributed by atoms with E-state index in [1.807, 2.05) is 6.07 Å². The van der Waals surface area contributed by atoms with Gasteiger partial charge in [0.1, 0.15) is 6.26 Å². The van der Waals surface area contributed by atoms with Gasteiger partial charge in [0.05, 0.1) is 35.5 Å². The average molecular weight is 550 g/mol. The number of ketones is 1. The van der Waals surface area contributed by atoms with E-state index in [1.165, 1.54) is 36.1 Å². The summed E-state index contributed by atoms with van der Waals surface area (Å²) in [6.07, 6.45) is -2.50. The Hall–Kier alpha value is -4.92. The number of rotatable bonds is 7. The summed E-state index contributed by atoms with van der Waals surface area (Å²) < 4.78 is 45.9. The summed E-state index contributed by atoms with van der Waals surface area (Å²) in [6, 6.07) is 10.7. The lowest BCUT2D eigenvalue weighted by Gasteiger charge is -2.43. The summed E-state index contributed by atoms with van der Waals surface area (Å²) in [6.45, 7) is 1.12. The van der Waals surface area contributed by atoms with Gasteiger partial charge in [0.15, 0.2) is 11.5 Å². The number of carbonyl (C=O) groups excluding carboxylic acids is 2. The largest absolute Gasteiger partial charge is 0.476 e. The van der Waals surface area contributed by atoms with Gasteiger partial charge in [0.25, 0.3) is 0 Å². The van der Waals surface area contributed by atoms with Crippen LogP contribution in [0.2, 0.25) is 0 Å². The van der Waals surface area contributed by atoms with Crippen LogP contribution in [0.25, 0.3) is 0 Å². The summed E-state index contributed by atoms with van der Waals surface area (Å²) >= 11 is 0. The van der Waals surface area contributed by atoms with E-state index in [0.717, 1.165) is 23.3 Å². The highest BCUT2D eigenvalue weighted by molar-refractivity contribution is 6.07. The molecule has 1 unspecified atom stereocenters. The van der Waals surface area contributed by atoms with E-state index in [-0.39, 0.29) is 41.1 Å². The van der Waals surface area contributed by atoms with Crippen LogP contribution in [0.1, 0.15) is 58.9 Å². The number of benzene rings is 2. The number of aromatic carboxylic acids is 1. The zero-order valence-corrected chi connectivity index (χ0v) is 21.0. The van der Waals surface area contributed by atoms with Gasteiger partial charge in [-0.05, 0) is 55.7 Å². The van der Waals surface area contributed by atoms with Crippen LogP contribution in [-0.2, 0) is 17.5 Å². The second-order valence-corrected chi connectivity index (χ2v) is 9.50. The van der Waals surface area contributed by atoms with Crippen LogP contribution < -0.4 is 4.90 Å². The number of Topliss-reactive ketones (excluding diaryl/α,β-unsaturated/α-hetero) is 1. The van der Waals surface area contributed by atoms with E-state index >= 15 is 0 Å². The number of amides is 2. The van der Waals surface area contributed by atoms with Gasteiger partial charge >= 0.3 is 18.2 Å². The van der Waals surface area contributed by atoms with Crippen molar-refractivity contribution in [3.8, 4) is 6.07 Å². The number of carboxylic acids is 1. The molecule has 5 rings (SSSR count). The first-order valence-electron chi connectivity index (χ1n) is 12.2. The van der Waals surface area contributed by atoms with Crippen LogP contribution >= 0.6 is 0 Å². The fourth-order valence-corrected chi connectivity index (χ4v) is 4.73. The Labute approximate surface area is 225 Å². The predicted octanol–water partition coefficient (Wildman–Crippen LogP) is 5.70. The van der Waals surface area contributed by atoms with Crippen molar-refractivity contribution < 1.29 is 37.1 Å². The molecule has 2 heterocycles. The molecule has 1 N–H and O–H groups in total. The molecular weight excluding hydrogens is 529 g/mol. The number of urea groups is 1. The van der Waals surface area contributed by atoms with Gasteiger partial charge in [-0.15, -0.1) is 0 Å². The SMILES string of the molecule is CC1=C(C(=O)C2CC2)C(c2ccc(C#N)cc2)N(Cc2nc(C(=O)O)co2)C(=O)N1c1cccc(C(F)(F)F)c1. The van der Waals surface area contributed by atoms with Crippen LogP contribution in [-0.4, -0.2) is 32.8 Å². The number of anilines is 1. The van der Waals surface area contributed by atoms with E-state index in [9.17, 15) is 37.9 Å². The number of hydrogen-bond donors (Lipinski definition) is 1. The molecule has 1 aliphatic carbocycles. The van der Waals surface area contributed by atoms with Gasteiger partial charge in [0.2, 0.25) is 5.89 Å². The number of carboxylic acid groups (broad SMARTS) is 1. The first-order valence-corrected chi connectivity index (χ1v) is 12.2. The second-order valence-electron chi connectivity index (χ2n) is 9.50. The molecule has 2 amide bonds. The molecule has 1 aliphatic heterocycles. The fourth-order valence-electron chi connectivity index (χ4n) is 4.73. The van der Waals surface area contributed by atoms with E-state index in [2.05, 4.69) is 4.98 Å². The van der Waals surface area contributed by atoms with Crippen molar-refractivity contribution in [2.24, 2.45) is 5.92 Å². The zero-order valence-electron chi connectivity index (χ0n) is 21.0. The van der Waals surface area contributed by atoms with Crippen molar-refractivity contribution in [2.45, 2.75) is 38.5 Å². The monoisotopic (exact) mass is 550 g/mol. The van der Waals surface area contributed by atoms with Crippen LogP contribution in [0.15, 0.2) is 70.5 Å². The molecule has 3 aromatic rings. The molecular formula is C28H21F3N4O5. The quantitative estimate of drug-likeness (QED) is 0.400. The second kappa shape index (κ2) is 10.00. The van der Waals surface area contributed by atoms with Crippen LogP contribution in [0.4, 0.5) is 23.7 Å². The molecule has 9 nitrogen and oxygen atoms in total. The Kier molecular flexibility index (Phi) is 6.67. The van der Waals surface area contributed by atoms with Gasteiger partial charge in [0, 0.05) is 17.2 Å². The minimum absolute atomic E-state index is 0.0969. The molecule has 0 bridgehead atoms. The Morgan fingerprint density at radius 2 is 1.88 bits per heavy atom. The predicted molar refractivity (Wildman–Crippen MR) is 133 cm³/mol. The zero-order chi connectivity index (χ0) is 28.8. The van der Waals surface area contributed by atoms with Crippen molar-refractivity contribution in [1.82, 2.24) is 9.88 Å². The molecule has 1 atom stereocenters. The summed E-state index contributed by atoms with van der Waals surface area (Å²) in [5.41, 5.74) is -0.271. The number of oxazole rings is 1. The molecule has 1 fully saturated rings. The van der Waals surface area contributed by atoms with Crippen LogP contribution in [0.5, 0.6) is 0 Å². The van der Waals surface area contributed by atoms with E-state index in [1.54, 1.807) is 12.1 Å². The number of nitriles is 1. The van der Waals surface area contributed by atoms with Crippen molar-refractivity contribution >= 4 is 23.5 Å². The molecule has 0 saturated heterocycles. The summed E-state index contributed by atoms with van der Waals surface area (Å²) in [7, 11) is 0. The minimum Gasteiger partial charge on any atom is -0.476 e. The molecule has 2 aliphatic rings. The number of allylic oxidation sites excluding steroid dienone is 1. The van der Waals surface area contributed by atoms with Gasteiger partial charge in [-0.2, -0.15) is 18.4 Å². The van der Waals surface area contributed by atoms with Crippen molar-refractivity contribution in [3.63, 3.8) is 0 Å².